The van der Waals surface area contributed by atoms with Crippen LogP contribution in [0.25, 0.3) is 0 Å². The first-order valence-electron chi connectivity index (χ1n) is 4.16. The molecule has 0 fully saturated rings. The Kier molecular flexibility index (Phi) is 4.41. The number of rotatable bonds is 5. The van der Waals surface area contributed by atoms with Gasteiger partial charge in [-0.2, -0.15) is 4.99 Å². The monoisotopic (exact) mass is 193 g/mol. The molecule has 0 heterocycles. The van der Waals surface area contributed by atoms with E-state index in [4.69, 9.17) is 9.47 Å². The molecule has 0 amide bonds. The second kappa shape index (κ2) is 5.91. The fourth-order valence-electron chi connectivity index (χ4n) is 0.938. The van der Waals surface area contributed by atoms with E-state index < -0.39 is 0 Å². The Morgan fingerprint density at radius 1 is 1.43 bits per heavy atom. The molecule has 0 aliphatic carbocycles. The van der Waals surface area contributed by atoms with Gasteiger partial charge in [0.2, 0.25) is 6.08 Å². The second-order valence-electron chi connectivity index (χ2n) is 2.54. The summed E-state index contributed by atoms with van der Waals surface area (Å²) in [5.41, 5.74) is 0.537. The Bertz CT molecular complexity index is 332. The largest absolute Gasteiger partial charge is 0.491 e. The van der Waals surface area contributed by atoms with Crippen molar-refractivity contribution in [3.63, 3.8) is 0 Å². The molecule has 0 spiro atoms. The summed E-state index contributed by atoms with van der Waals surface area (Å²) in [4.78, 5) is 13.5. The average Bonchev–Trinajstić information content (AvgIpc) is 2.19. The molecule has 0 aromatic heterocycles. The number of methoxy groups -OCH3 is 1. The fourth-order valence-corrected chi connectivity index (χ4v) is 0.938. The Morgan fingerprint density at radius 2 is 2.29 bits per heavy atom. The number of carbonyl (C=O) groups excluding carboxylic acids is 1. The highest BCUT2D eigenvalue weighted by Gasteiger charge is 1.94. The predicted octanol–water partition coefficient (Wildman–Crippen LogP) is 1.68. The SMILES string of the molecule is COCCOc1cccc(N=C=O)c1. The minimum absolute atomic E-state index is 0.477. The zero-order valence-corrected chi connectivity index (χ0v) is 7.90. The number of benzene rings is 1. The summed E-state index contributed by atoms with van der Waals surface area (Å²) in [5, 5.41) is 0. The first-order chi connectivity index (χ1) is 6.86. The van der Waals surface area contributed by atoms with Gasteiger partial charge in [0, 0.05) is 13.2 Å². The van der Waals surface area contributed by atoms with Gasteiger partial charge < -0.3 is 9.47 Å². The van der Waals surface area contributed by atoms with Crippen molar-refractivity contribution in [2.45, 2.75) is 0 Å². The lowest BCUT2D eigenvalue weighted by atomic mass is 10.3. The van der Waals surface area contributed by atoms with E-state index in [1.54, 1.807) is 31.4 Å². The van der Waals surface area contributed by atoms with Crippen molar-refractivity contribution in [1.82, 2.24) is 0 Å². The molecule has 0 unspecified atom stereocenters. The van der Waals surface area contributed by atoms with E-state index in [2.05, 4.69) is 4.99 Å². The summed E-state index contributed by atoms with van der Waals surface area (Å²) in [6, 6.07) is 6.92. The molecule has 1 aromatic rings. The lowest BCUT2D eigenvalue weighted by molar-refractivity contribution is 0.146. The van der Waals surface area contributed by atoms with E-state index >= 15 is 0 Å². The van der Waals surface area contributed by atoms with Crippen LogP contribution in [0.5, 0.6) is 5.75 Å². The minimum Gasteiger partial charge on any atom is -0.491 e. The molecule has 0 saturated carbocycles. The third kappa shape index (κ3) is 3.39. The maximum absolute atomic E-state index is 9.99. The van der Waals surface area contributed by atoms with E-state index in [9.17, 15) is 4.79 Å². The van der Waals surface area contributed by atoms with Gasteiger partial charge >= 0.3 is 0 Å². The maximum Gasteiger partial charge on any atom is 0.240 e. The van der Waals surface area contributed by atoms with E-state index in [1.165, 1.54) is 6.08 Å². The van der Waals surface area contributed by atoms with Crippen LogP contribution in [0.2, 0.25) is 0 Å². The zero-order valence-electron chi connectivity index (χ0n) is 7.90. The summed E-state index contributed by atoms with van der Waals surface area (Å²) in [6.45, 7) is 1.01. The summed E-state index contributed by atoms with van der Waals surface area (Å²) < 4.78 is 10.1. The van der Waals surface area contributed by atoms with Crippen LogP contribution in [0.1, 0.15) is 0 Å². The normalized spacial score (nSPS) is 9.21. The van der Waals surface area contributed by atoms with Gasteiger partial charge in [-0.05, 0) is 12.1 Å². The van der Waals surface area contributed by atoms with Crippen molar-refractivity contribution < 1.29 is 14.3 Å². The van der Waals surface area contributed by atoms with Crippen LogP contribution in [0, 0.1) is 0 Å². The van der Waals surface area contributed by atoms with Gasteiger partial charge in [-0.15, -0.1) is 0 Å². The van der Waals surface area contributed by atoms with Gasteiger partial charge in [0.25, 0.3) is 0 Å². The highest BCUT2D eigenvalue weighted by Crippen LogP contribution is 2.18. The molecule has 0 saturated heterocycles. The Morgan fingerprint density at radius 3 is 3.00 bits per heavy atom. The van der Waals surface area contributed by atoms with Crippen LogP contribution in [-0.4, -0.2) is 26.4 Å². The number of isocyanates is 1. The molecule has 0 radical (unpaired) electrons. The van der Waals surface area contributed by atoms with E-state index in [0.717, 1.165) is 0 Å². The summed E-state index contributed by atoms with van der Waals surface area (Å²) in [5.74, 6) is 0.665. The third-order valence-corrected chi connectivity index (χ3v) is 1.55. The first-order valence-corrected chi connectivity index (χ1v) is 4.16. The molecule has 0 bridgehead atoms. The fraction of sp³-hybridized carbons (Fsp3) is 0.300. The van der Waals surface area contributed by atoms with E-state index in [0.29, 0.717) is 24.7 Å². The average molecular weight is 193 g/mol. The van der Waals surface area contributed by atoms with Crippen molar-refractivity contribution in [3.8, 4) is 5.75 Å². The summed E-state index contributed by atoms with van der Waals surface area (Å²) in [7, 11) is 1.61. The van der Waals surface area contributed by atoms with Crippen LogP contribution in [0.15, 0.2) is 29.3 Å². The quantitative estimate of drug-likeness (QED) is 0.406. The van der Waals surface area contributed by atoms with Crippen LogP contribution in [0.4, 0.5) is 5.69 Å². The molecular formula is C10H11NO3. The summed E-state index contributed by atoms with van der Waals surface area (Å²) in [6.07, 6.45) is 1.47. The lowest BCUT2D eigenvalue weighted by Crippen LogP contribution is -2.03. The second-order valence-corrected chi connectivity index (χ2v) is 2.54. The molecule has 4 nitrogen and oxygen atoms in total. The van der Waals surface area contributed by atoms with E-state index in [-0.39, 0.29) is 0 Å². The Hall–Kier alpha value is -1.64. The van der Waals surface area contributed by atoms with Crippen LogP contribution < -0.4 is 4.74 Å². The molecule has 0 aliphatic rings. The molecule has 0 N–H and O–H groups in total. The molecule has 1 aromatic carbocycles. The number of hydrogen-bond donors (Lipinski definition) is 0. The Labute approximate surface area is 82.2 Å². The standard InChI is InChI=1S/C10H11NO3/c1-13-5-6-14-10-4-2-3-9(7-10)11-8-12/h2-4,7H,5-6H2,1H3. The number of hydrogen-bond acceptors (Lipinski definition) is 4. The molecule has 1 rings (SSSR count). The highest BCUT2D eigenvalue weighted by molar-refractivity contribution is 5.51. The van der Waals surface area contributed by atoms with E-state index in [1.807, 2.05) is 0 Å². The van der Waals surface area contributed by atoms with Crippen molar-refractivity contribution in [2.24, 2.45) is 4.99 Å². The van der Waals surface area contributed by atoms with Crippen LogP contribution in [0.3, 0.4) is 0 Å². The van der Waals surface area contributed by atoms with Gasteiger partial charge in [0.05, 0.1) is 12.3 Å². The predicted molar refractivity (Wildman–Crippen MR) is 51.6 cm³/mol. The summed E-state index contributed by atoms with van der Waals surface area (Å²) >= 11 is 0. The lowest BCUT2D eigenvalue weighted by Gasteiger charge is -2.04. The highest BCUT2D eigenvalue weighted by atomic mass is 16.5. The van der Waals surface area contributed by atoms with Crippen molar-refractivity contribution in [2.75, 3.05) is 20.3 Å². The van der Waals surface area contributed by atoms with Gasteiger partial charge in [0.15, 0.2) is 0 Å². The molecule has 4 heteroatoms. The van der Waals surface area contributed by atoms with Gasteiger partial charge in [-0.25, -0.2) is 4.79 Å². The molecule has 14 heavy (non-hydrogen) atoms. The molecule has 0 atom stereocenters. The molecule has 74 valence electrons. The Balaban J connectivity index is 2.59. The molecular weight excluding hydrogens is 182 g/mol. The molecule has 0 aliphatic heterocycles. The first kappa shape index (κ1) is 10.4. The number of nitrogens with zero attached hydrogens (tertiary/aromatic N) is 1. The van der Waals surface area contributed by atoms with Gasteiger partial charge in [-0.1, -0.05) is 6.07 Å². The maximum atomic E-state index is 9.99. The van der Waals surface area contributed by atoms with Crippen molar-refractivity contribution in [3.05, 3.63) is 24.3 Å². The van der Waals surface area contributed by atoms with Gasteiger partial charge in [0.1, 0.15) is 12.4 Å². The van der Waals surface area contributed by atoms with Crippen LogP contribution in [-0.2, 0) is 9.53 Å². The zero-order chi connectivity index (χ0) is 10.2. The third-order valence-electron chi connectivity index (χ3n) is 1.55. The smallest absolute Gasteiger partial charge is 0.240 e. The van der Waals surface area contributed by atoms with Gasteiger partial charge in [-0.3, -0.25) is 0 Å². The van der Waals surface area contributed by atoms with Crippen molar-refractivity contribution >= 4 is 11.8 Å². The van der Waals surface area contributed by atoms with Crippen LogP contribution >= 0.6 is 0 Å². The van der Waals surface area contributed by atoms with Crippen molar-refractivity contribution in [1.29, 1.82) is 0 Å². The topological polar surface area (TPSA) is 47.9 Å². The number of ether oxygens (including phenoxy) is 2. The number of aliphatic imine (C=N–C) groups is 1. The minimum atomic E-state index is 0.477.